The number of rotatable bonds is 8. The fourth-order valence-corrected chi connectivity index (χ4v) is 2.54. The van der Waals surface area contributed by atoms with E-state index in [1.165, 1.54) is 6.21 Å². The number of aromatic hydroxyl groups is 1. The molecule has 7 nitrogen and oxygen atoms in total. The SMILES string of the molecule is CCOc1ccc(C=NNc2cc(C)nc(NCc3ccccc3)n2)c(O)c1. The largest absolute Gasteiger partial charge is 0.507 e. The minimum atomic E-state index is 0.0978. The Balaban J connectivity index is 1.64. The minimum absolute atomic E-state index is 0.0978. The van der Waals surface area contributed by atoms with Gasteiger partial charge in [-0.25, -0.2) is 4.98 Å². The van der Waals surface area contributed by atoms with Crippen LogP contribution in [0.25, 0.3) is 0 Å². The van der Waals surface area contributed by atoms with Crippen molar-refractivity contribution in [2.45, 2.75) is 20.4 Å². The molecule has 28 heavy (non-hydrogen) atoms. The van der Waals surface area contributed by atoms with Crippen LogP contribution in [-0.2, 0) is 6.54 Å². The van der Waals surface area contributed by atoms with Gasteiger partial charge in [-0.1, -0.05) is 30.3 Å². The smallest absolute Gasteiger partial charge is 0.225 e. The van der Waals surface area contributed by atoms with E-state index in [-0.39, 0.29) is 5.75 Å². The van der Waals surface area contributed by atoms with Gasteiger partial charge in [-0.2, -0.15) is 10.1 Å². The third-order valence-corrected chi connectivity index (χ3v) is 3.84. The average molecular weight is 377 g/mol. The molecule has 7 heteroatoms. The molecule has 0 atom stereocenters. The molecule has 3 aromatic rings. The van der Waals surface area contributed by atoms with E-state index >= 15 is 0 Å². The van der Waals surface area contributed by atoms with Gasteiger partial charge >= 0.3 is 0 Å². The highest BCUT2D eigenvalue weighted by Gasteiger charge is 2.03. The first kappa shape index (κ1) is 19.2. The lowest BCUT2D eigenvalue weighted by molar-refractivity contribution is 0.337. The van der Waals surface area contributed by atoms with Crippen molar-refractivity contribution in [3.05, 3.63) is 71.4 Å². The molecule has 3 N–H and O–H groups in total. The monoisotopic (exact) mass is 377 g/mol. The molecule has 0 aliphatic rings. The summed E-state index contributed by atoms with van der Waals surface area (Å²) in [4.78, 5) is 8.80. The zero-order valence-electron chi connectivity index (χ0n) is 15.9. The fraction of sp³-hybridized carbons (Fsp3) is 0.190. The van der Waals surface area contributed by atoms with Gasteiger partial charge in [0.05, 0.1) is 12.8 Å². The van der Waals surface area contributed by atoms with Crippen LogP contribution in [-0.4, -0.2) is 27.9 Å². The molecule has 0 aliphatic heterocycles. The van der Waals surface area contributed by atoms with E-state index in [9.17, 15) is 5.11 Å². The summed E-state index contributed by atoms with van der Waals surface area (Å²) in [5, 5.41) is 17.4. The van der Waals surface area contributed by atoms with Crippen LogP contribution in [0.5, 0.6) is 11.5 Å². The van der Waals surface area contributed by atoms with E-state index < -0.39 is 0 Å². The summed E-state index contributed by atoms with van der Waals surface area (Å²) in [6.45, 7) is 4.96. The Bertz CT molecular complexity index is 945. The van der Waals surface area contributed by atoms with Crippen LogP contribution in [0.1, 0.15) is 23.7 Å². The zero-order valence-corrected chi connectivity index (χ0v) is 15.9. The predicted molar refractivity (Wildman–Crippen MR) is 111 cm³/mol. The van der Waals surface area contributed by atoms with Crippen molar-refractivity contribution in [2.24, 2.45) is 5.10 Å². The van der Waals surface area contributed by atoms with E-state index in [1.807, 2.05) is 44.2 Å². The van der Waals surface area contributed by atoms with Crippen LogP contribution in [0, 0.1) is 6.92 Å². The lowest BCUT2D eigenvalue weighted by atomic mass is 10.2. The van der Waals surface area contributed by atoms with Gasteiger partial charge in [-0.05, 0) is 31.5 Å². The zero-order chi connectivity index (χ0) is 19.8. The molecule has 1 heterocycles. The molecule has 0 aliphatic carbocycles. The number of phenolic OH excluding ortho intramolecular Hbond substituents is 1. The van der Waals surface area contributed by atoms with E-state index in [1.54, 1.807) is 24.3 Å². The van der Waals surface area contributed by atoms with Gasteiger partial charge < -0.3 is 15.2 Å². The summed E-state index contributed by atoms with van der Waals surface area (Å²) in [6.07, 6.45) is 1.53. The lowest BCUT2D eigenvalue weighted by Gasteiger charge is -2.08. The van der Waals surface area contributed by atoms with E-state index in [0.717, 1.165) is 11.3 Å². The van der Waals surface area contributed by atoms with Crippen molar-refractivity contribution in [2.75, 3.05) is 17.3 Å². The van der Waals surface area contributed by atoms with Crippen LogP contribution in [0.3, 0.4) is 0 Å². The van der Waals surface area contributed by atoms with Gasteiger partial charge in [-0.15, -0.1) is 0 Å². The summed E-state index contributed by atoms with van der Waals surface area (Å²) in [6, 6.07) is 16.9. The molecule has 144 valence electrons. The maximum absolute atomic E-state index is 10.0. The van der Waals surface area contributed by atoms with E-state index in [0.29, 0.717) is 36.2 Å². The number of hydrogen-bond acceptors (Lipinski definition) is 7. The second-order valence-corrected chi connectivity index (χ2v) is 6.08. The van der Waals surface area contributed by atoms with Crippen LogP contribution < -0.4 is 15.5 Å². The Morgan fingerprint density at radius 2 is 1.93 bits per heavy atom. The molecule has 0 amide bonds. The second kappa shape index (κ2) is 9.36. The van der Waals surface area contributed by atoms with Gasteiger partial charge in [-0.3, -0.25) is 5.43 Å². The number of benzene rings is 2. The standard InChI is InChI=1S/C21H23N5O2/c1-3-28-18-10-9-17(19(27)12-18)14-23-26-20-11-15(2)24-21(25-20)22-13-16-7-5-4-6-8-16/h4-12,14,27H,3,13H2,1-2H3,(H2,22,24,25,26). The Kier molecular flexibility index (Phi) is 6.41. The Morgan fingerprint density at radius 1 is 1.11 bits per heavy atom. The highest BCUT2D eigenvalue weighted by Crippen LogP contribution is 2.22. The van der Waals surface area contributed by atoms with Gasteiger partial charge in [0.15, 0.2) is 5.82 Å². The summed E-state index contributed by atoms with van der Waals surface area (Å²) >= 11 is 0. The van der Waals surface area contributed by atoms with Crippen LogP contribution in [0.15, 0.2) is 59.7 Å². The number of nitrogens with zero attached hydrogens (tertiary/aromatic N) is 3. The molecule has 0 radical (unpaired) electrons. The van der Waals surface area contributed by atoms with E-state index in [2.05, 4.69) is 25.8 Å². The molecule has 2 aromatic carbocycles. The van der Waals surface area contributed by atoms with Gasteiger partial charge in [0, 0.05) is 29.9 Å². The summed E-state index contributed by atoms with van der Waals surface area (Å²) in [5.41, 5.74) is 5.41. The third-order valence-electron chi connectivity index (χ3n) is 3.84. The van der Waals surface area contributed by atoms with Crippen molar-refractivity contribution in [1.29, 1.82) is 0 Å². The molecule has 0 saturated carbocycles. The number of aryl methyl sites for hydroxylation is 1. The van der Waals surface area contributed by atoms with Crippen LogP contribution >= 0.6 is 0 Å². The second-order valence-electron chi connectivity index (χ2n) is 6.08. The number of hydrogen-bond donors (Lipinski definition) is 3. The van der Waals surface area contributed by atoms with Gasteiger partial charge in [0.1, 0.15) is 11.5 Å². The number of ether oxygens (including phenoxy) is 1. The topological polar surface area (TPSA) is 91.7 Å². The average Bonchev–Trinajstić information content (AvgIpc) is 2.69. The Labute approximate surface area is 164 Å². The first-order valence-electron chi connectivity index (χ1n) is 9.02. The molecule has 0 bridgehead atoms. The third kappa shape index (κ3) is 5.44. The van der Waals surface area contributed by atoms with Crippen LogP contribution in [0.4, 0.5) is 11.8 Å². The molecule has 0 unspecified atom stereocenters. The normalized spacial score (nSPS) is 10.8. The molecule has 3 rings (SSSR count). The Morgan fingerprint density at radius 3 is 2.68 bits per heavy atom. The summed E-state index contributed by atoms with van der Waals surface area (Å²) in [7, 11) is 0. The van der Waals surface area contributed by atoms with Crippen molar-refractivity contribution >= 4 is 18.0 Å². The van der Waals surface area contributed by atoms with Crippen LogP contribution in [0.2, 0.25) is 0 Å². The highest BCUT2D eigenvalue weighted by atomic mass is 16.5. The molecule has 0 fully saturated rings. The quantitative estimate of drug-likeness (QED) is 0.407. The van der Waals surface area contributed by atoms with Gasteiger partial charge in [0.2, 0.25) is 5.95 Å². The summed E-state index contributed by atoms with van der Waals surface area (Å²) in [5.74, 6) is 1.79. The Hall–Kier alpha value is -3.61. The minimum Gasteiger partial charge on any atom is -0.507 e. The van der Waals surface area contributed by atoms with Crippen molar-refractivity contribution < 1.29 is 9.84 Å². The highest BCUT2D eigenvalue weighted by molar-refractivity contribution is 5.84. The lowest BCUT2D eigenvalue weighted by Crippen LogP contribution is -2.06. The number of nitrogens with one attached hydrogen (secondary N) is 2. The van der Waals surface area contributed by atoms with Crippen molar-refractivity contribution in [3.8, 4) is 11.5 Å². The van der Waals surface area contributed by atoms with Gasteiger partial charge in [0.25, 0.3) is 0 Å². The molecule has 0 saturated heterocycles. The molecule has 1 aromatic heterocycles. The molecule has 0 spiro atoms. The molecular formula is C21H23N5O2. The maximum Gasteiger partial charge on any atom is 0.225 e. The van der Waals surface area contributed by atoms with E-state index in [4.69, 9.17) is 4.74 Å². The fourth-order valence-electron chi connectivity index (χ4n) is 2.54. The number of hydrazone groups is 1. The van der Waals surface area contributed by atoms with Crippen molar-refractivity contribution in [1.82, 2.24) is 9.97 Å². The number of aromatic nitrogens is 2. The maximum atomic E-state index is 10.0. The number of anilines is 2. The summed E-state index contributed by atoms with van der Waals surface area (Å²) < 4.78 is 5.35. The first-order chi connectivity index (χ1) is 13.6. The first-order valence-corrected chi connectivity index (χ1v) is 9.02. The number of phenols is 1. The van der Waals surface area contributed by atoms with Crippen molar-refractivity contribution in [3.63, 3.8) is 0 Å². The molecular weight excluding hydrogens is 354 g/mol. The predicted octanol–water partition coefficient (Wildman–Crippen LogP) is 3.95.